The van der Waals surface area contributed by atoms with Crippen LogP contribution >= 0.6 is 0 Å². The first kappa shape index (κ1) is 13.6. The van der Waals surface area contributed by atoms with Gasteiger partial charge < -0.3 is 20.9 Å². The molecule has 104 valence electrons. The fourth-order valence-corrected chi connectivity index (χ4v) is 2.08. The van der Waals surface area contributed by atoms with Crippen molar-refractivity contribution >= 4 is 17.1 Å². The van der Waals surface area contributed by atoms with Gasteiger partial charge in [-0.3, -0.25) is 10.1 Å². The van der Waals surface area contributed by atoms with E-state index in [0.29, 0.717) is 18.7 Å². The van der Waals surface area contributed by atoms with Crippen LogP contribution < -0.4 is 11.1 Å². The molecule has 1 aliphatic heterocycles. The second-order valence-electron chi connectivity index (χ2n) is 4.75. The van der Waals surface area contributed by atoms with Crippen LogP contribution in [0.25, 0.3) is 0 Å². The summed E-state index contributed by atoms with van der Waals surface area (Å²) >= 11 is 0. The van der Waals surface area contributed by atoms with Gasteiger partial charge in [0.2, 0.25) is 0 Å². The second kappa shape index (κ2) is 5.02. The maximum atomic E-state index is 10.6. The zero-order valence-corrected chi connectivity index (χ0v) is 10.6. The summed E-state index contributed by atoms with van der Waals surface area (Å²) in [6.07, 6.45) is 0.299. The van der Waals surface area contributed by atoms with Crippen LogP contribution in [0.2, 0.25) is 0 Å². The Kier molecular flexibility index (Phi) is 3.59. The fourth-order valence-electron chi connectivity index (χ4n) is 2.08. The molecule has 0 spiro atoms. The highest BCUT2D eigenvalue weighted by molar-refractivity contribution is 5.69. The van der Waals surface area contributed by atoms with Crippen molar-refractivity contribution in [3.63, 3.8) is 0 Å². The number of aliphatic hydroxyl groups is 1. The largest absolute Gasteiger partial charge is 0.397 e. The lowest BCUT2D eigenvalue weighted by molar-refractivity contribution is -0.384. The number of hydrogen-bond acceptors (Lipinski definition) is 6. The smallest absolute Gasteiger partial charge is 0.271 e. The molecule has 1 aliphatic rings. The number of rotatable bonds is 4. The lowest BCUT2D eigenvalue weighted by Crippen LogP contribution is -2.43. The number of nitrogens with two attached hydrogens (primary N) is 1. The molecule has 0 amide bonds. The van der Waals surface area contributed by atoms with Gasteiger partial charge in [-0.15, -0.1) is 0 Å². The standard InChI is InChI=1S/C12H17N3O4/c1-8-12(16,4-5-19-8)7-14-11-3-2-9(15(17)18)6-10(11)13/h2-3,6,8,14,16H,4-5,7,13H2,1H3. The predicted molar refractivity (Wildman–Crippen MR) is 71.0 cm³/mol. The van der Waals surface area contributed by atoms with Crippen LogP contribution in [0, 0.1) is 10.1 Å². The van der Waals surface area contributed by atoms with E-state index in [-0.39, 0.29) is 24.0 Å². The van der Waals surface area contributed by atoms with Gasteiger partial charge in [-0.2, -0.15) is 0 Å². The van der Waals surface area contributed by atoms with E-state index < -0.39 is 10.5 Å². The van der Waals surface area contributed by atoms with E-state index in [0.717, 1.165) is 0 Å². The van der Waals surface area contributed by atoms with Crippen LogP contribution in [0.15, 0.2) is 18.2 Å². The van der Waals surface area contributed by atoms with E-state index in [2.05, 4.69) is 5.32 Å². The van der Waals surface area contributed by atoms with Gasteiger partial charge in [0, 0.05) is 31.7 Å². The maximum absolute atomic E-state index is 10.6. The number of nitrogens with one attached hydrogen (secondary N) is 1. The van der Waals surface area contributed by atoms with Crippen LogP contribution in [-0.4, -0.2) is 34.9 Å². The minimum Gasteiger partial charge on any atom is -0.397 e. The van der Waals surface area contributed by atoms with Crippen molar-refractivity contribution in [3.05, 3.63) is 28.3 Å². The van der Waals surface area contributed by atoms with Crippen LogP contribution in [0.1, 0.15) is 13.3 Å². The Morgan fingerprint density at radius 3 is 2.95 bits per heavy atom. The zero-order valence-electron chi connectivity index (χ0n) is 10.6. The summed E-state index contributed by atoms with van der Waals surface area (Å²) in [5, 5.41) is 23.9. The Balaban J connectivity index is 2.06. The van der Waals surface area contributed by atoms with Crippen LogP contribution in [0.5, 0.6) is 0 Å². The molecular weight excluding hydrogens is 250 g/mol. The number of nitrogens with zero attached hydrogens (tertiary/aromatic N) is 1. The first-order valence-electron chi connectivity index (χ1n) is 6.04. The quantitative estimate of drug-likeness (QED) is 0.428. The molecule has 7 heteroatoms. The van der Waals surface area contributed by atoms with Crippen molar-refractivity contribution in [1.82, 2.24) is 0 Å². The second-order valence-corrected chi connectivity index (χ2v) is 4.75. The van der Waals surface area contributed by atoms with Crippen LogP contribution in [-0.2, 0) is 4.74 Å². The molecule has 19 heavy (non-hydrogen) atoms. The zero-order chi connectivity index (χ0) is 14.0. The lowest BCUT2D eigenvalue weighted by atomic mass is 9.96. The van der Waals surface area contributed by atoms with Gasteiger partial charge in [-0.1, -0.05) is 0 Å². The van der Waals surface area contributed by atoms with E-state index in [4.69, 9.17) is 10.5 Å². The first-order chi connectivity index (χ1) is 8.92. The summed E-state index contributed by atoms with van der Waals surface area (Å²) in [5.41, 5.74) is 5.60. The van der Waals surface area contributed by atoms with E-state index in [1.54, 1.807) is 0 Å². The number of nitro groups is 1. The minimum absolute atomic E-state index is 0.0562. The average molecular weight is 267 g/mol. The van der Waals surface area contributed by atoms with Crippen LogP contribution in [0.4, 0.5) is 17.1 Å². The van der Waals surface area contributed by atoms with Crippen molar-refractivity contribution in [2.75, 3.05) is 24.2 Å². The Bertz CT molecular complexity index is 494. The molecule has 0 bridgehead atoms. The van der Waals surface area contributed by atoms with Crippen molar-refractivity contribution in [3.8, 4) is 0 Å². The minimum atomic E-state index is -0.936. The molecule has 1 heterocycles. The summed E-state index contributed by atoms with van der Waals surface area (Å²) in [6.45, 7) is 2.62. The van der Waals surface area contributed by atoms with Gasteiger partial charge in [-0.25, -0.2) is 0 Å². The Hall–Kier alpha value is -1.86. The van der Waals surface area contributed by atoms with Crippen molar-refractivity contribution in [2.24, 2.45) is 0 Å². The number of ether oxygens (including phenoxy) is 1. The van der Waals surface area contributed by atoms with Crippen molar-refractivity contribution in [2.45, 2.75) is 25.0 Å². The van der Waals surface area contributed by atoms with E-state index in [1.165, 1.54) is 18.2 Å². The molecule has 1 aromatic carbocycles. The predicted octanol–water partition coefficient (Wildman–Crippen LogP) is 1.13. The Labute approximate surface area is 110 Å². The summed E-state index contributed by atoms with van der Waals surface area (Å²) < 4.78 is 5.33. The van der Waals surface area contributed by atoms with Gasteiger partial charge in [0.05, 0.1) is 22.4 Å². The Morgan fingerprint density at radius 1 is 1.68 bits per heavy atom. The van der Waals surface area contributed by atoms with Gasteiger partial charge in [0.15, 0.2) is 0 Å². The number of benzene rings is 1. The molecule has 1 fully saturated rings. The molecule has 0 radical (unpaired) electrons. The molecule has 4 N–H and O–H groups in total. The third-order valence-electron chi connectivity index (χ3n) is 3.49. The molecule has 1 aromatic rings. The SMILES string of the molecule is CC1OCCC1(O)CNc1ccc([N+](=O)[O-])cc1N. The number of non-ortho nitro benzene ring substituents is 1. The van der Waals surface area contributed by atoms with Gasteiger partial charge in [0.25, 0.3) is 5.69 Å². The molecule has 1 saturated heterocycles. The molecule has 2 atom stereocenters. The normalized spacial score (nSPS) is 26.3. The highest BCUT2D eigenvalue weighted by Crippen LogP contribution is 2.28. The summed E-state index contributed by atoms with van der Waals surface area (Å²) in [5.74, 6) is 0. The molecule has 0 aliphatic carbocycles. The molecule has 0 aromatic heterocycles. The van der Waals surface area contributed by atoms with Crippen molar-refractivity contribution in [1.29, 1.82) is 0 Å². The van der Waals surface area contributed by atoms with E-state index >= 15 is 0 Å². The molecule has 0 saturated carbocycles. The maximum Gasteiger partial charge on any atom is 0.271 e. The van der Waals surface area contributed by atoms with Gasteiger partial charge in [-0.05, 0) is 13.0 Å². The summed E-state index contributed by atoms with van der Waals surface area (Å²) in [7, 11) is 0. The molecule has 7 nitrogen and oxygen atoms in total. The molecular formula is C12H17N3O4. The number of nitro benzene ring substituents is 1. The van der Waals surface area contributed by atoms with Gasteiger partial charge in [0.1, 0.15) is 5.60 Å². The Morgan fingerprint density at radius 2 is 2.42 bits per heavy atom. The molecule has 2 rings (SSSR count). The third kappa shape index (κ3) is 2.77. The number of hydrogen-bond donors (Lipinski definition) is 3. The third-order valence-corrected chi connectivity index (χ3v) is 3.49. The first-order valence-corrected chi connectivity index (χ1v) is 6.04. The van der Waals surface area contributed by atoms with Gasteiger partial charge >= 0.3 is 0 Å². The average Bonchev–Trinajstić information content (AvgIpc) is 2.68. The number of nitrogen functional groups attached to an aromatic ring is 1. The van der Waals surface area contributed by atoms with Crippen LogP contribution in [0.3, 0.4) is 0 Å². The lowest BCUT2D eigenvalue weighted by Gasteiger charge is -2.27. The van der Waals surface area contributed by atoms with Crippen molar-refractivity contribution < 1.29 is 14.8 Å². The molecule has 2 unspecified atom stereocenters. The van der Waals surface area contributed by atoms with E-state index in [1.807, 2.05) is 6.92 Å². The number of anilines is 2. The fraction of sp³-hybridized carbons (Fsp3) is 0.500. The highest BCUT2D eigenvalue weighted by Gasteiger charge is 2.39. The highest BCUT2D eigenvalue weighted by atomic mass is 16.6. The topological polar surface area (TPSA) is 111 Å². The van der Waals surface area contributed by atoms with E-state index in [9.17, 15) is 15.2 Å². The monoisotopic (exact) mass is 267 g/mol. The summed E-state index contributed by atoms with van der Waals surface area (Å²) in [6, 6.07) is 4.20. The summed E-state index contributed by atoms with van der Waals surface area (Å²) in [4.78, 5) is 10.1.